The van der Waals surface area contributed by atoms with E-state index in [2.05, 4.69) is 26.3 Å². The maximum Gasteiger partial charge on any atom is 0.103 e. The van der Waals surface area contributed by atoms with Gasteiger partial charge < -0.3 is 5.11 Å². The lowest BCUT2D eigenvalue weighted by Gasteiger charge is -2.30. The molecule has 1 nitrogen and oxygen atoms in total. The molecule has 0 radical (unpaired) electrons. The predicted octanol–water partition coefficient (Wildman–Crippen LogP) is 3.64. The average Bonchev–Trinajstić information content (AvgIpc) is 2.28. The second-order valence-corrected chi connectivity index (χ2v) is 3.72. The van der Waals surface area contributed by atoms with E-state index >= 15 is 0 Å². The van der Waals surface area contributed by atoms with E-state index < -0.39 is 5.60 Å². The van der Waals surface area contributed by atoms with Gasteiger partial charge in [-0.1, -0.05) is 37.5 Å². The second kappa shape index (κ2) is 7.24. The first-order valence-corrected chi connectivity index (χ1v) is 5.36. The van der Waals surface area contributed by atoms with Crippen LogP contribution in [0.3, 0.4) is 0 Å². The van der Waals surface area contributed by atoms with Gasteiger partial charge in [-0.3, -0.25) is 0 Å². The lowest BCUT2D eigenvalue weighted by molar-refractivity contribution is 0.0669. The van der Waals surface area contributed by atoms with Crippen LogP contribution in [0.15, 0.2) is 50.6 Å². The molecule has 0 saturated carbocycles. The van der Waals surface area contributed by atoms with Gasteiger partial charge in [0.05, 0.1) is 0 Å². The van der Waals surface area contributed by atoms with E-state index in [0.29, 0.717) is 0 Å². The summed E-state index contributed by atoms with van der Waals surface area (Å²) in [5, 5.41) is 10.2. The third kappa shape index (κ3) is 4.30. The average molecular weight is 206 g/mol. The highest BCUT2D eigenvalue weighted by Gasteiger charge is 2.29. The van der Waals surface area contributed by atoms with E-state index in [1.54, 1.807) is 12.2 Å². The van der Waals surface area contributed by atoms with Crippen LogP contribution in [0, 0.1) is 5.92 Å². The van der Waals surface area contributed by atoms with Crippen molar-refractivity contribution in [2.45, 2.75) is 31.3 Å². The van der Waals surface area contributed by atoms with Crippen LogP contribution in [0.5, 0.6) is 0 Å². The summed E-state index contributed by atoms with van der Waals surface area (Å²) in [5.74, 6) is 0.142. The molecule has 15 heavy (non-hydrogen) atoms. The Kier molecular flexibility index (Phi) is 6.72. The zero-order chi connectivity index (χ0) is 11.7. The molecule has 0 aromatic rings. The normalized spacial score (nSPS) is 11.1. The Bertz CT molecular complexity index is 207. The molecule has 0 atom stereocenters. The van der Waals surface area contributed by atoms with Gasteiger partial charge in [-0.05, 0) is 31.6 Å². The Morgan fingerprint density at radius 1 is 0.933 bits per heavy atom. The molecule has 0 heterocycles. The number of allylic oxidation sites excluding steroid dienone is 2. The molecule has 0 rings (SSSR count). The highest BCUT2D eigenvalue weighted by atomic mass is 16.3. The molecular weight excluding hydrogens is 184 g/mol. The second-order valence-electron chi connectivity index (χ2n) is 3.72. The van der Waals surface area contributed by atoms with Gasteiger partial charge in [0.1, 0.15) is 5.60 Å². The summed E-state index contributed by atoms with van der Waals surface area (Å²) in [6.45, 7) is 14.7. The Morgan fingerprint density at radius 3 is 1.60 bits per heavy atom. The van der Waals surface area contributed by atoms with Crippen LogP contribution in [0.25, 0.3) is 0 Å². The van der Waals surface area contributed by atoms with Crippen LogP contribution < -0.4 is 0 Å². The standard InChI is InChI=1S/C14H22O/c1-5-9-11-13(12-10-6-2)14(15,7-3)8-4/h5-8,13,15H,1-4,9-12H2. The van der Waals surface area contributed by atoms with Crippen molar-refractivity contribution in [2.24, 2.45) is 5.92 Å². The number of aliphatic hydroxyl groups is 1. The summed E-state index contributed by atoms with van der Waals surface area (Å²) in [4.78, 5) is 0. The van der Waals surface area contributed by atoms with Crippen LogP contribution in [0.4, 0.5) is 0 Å². The molecule has 84 valence electrons. The monoisotopic (exact) mass is 206 g/mol. The van der Waals surface area contributed by atoms with Crippen molar-refractivity contribution in [2.75, 3.05) is 0 Å². The van der Waals surface area contributed by atoms with Gasteiger partial charge >= 0.3 is 0 Å². The Balaban J connectivity index is 4.55. The first-order valence-electron chi connectivity index (χ1n) is 5.36. The first kappa shape index (κ1) is 13.9. The zero-order valence-electron chi connectivity index (χ0n) is 9.49. The number of hydrogen-bond acceptors (Lipinski definition) is 1. The van der Waals surface area contributed by atoms with Crippen molar-refractivity contribution in [1.29, 1.82) is 0 Å². The van der Waals surface area contributed by atoms with Crippen molar-refractivity contribution in [3.8, 4) is 0 Å². The van der Waals surface area contributed by atoms with Crippen LogP contribution >= 0.6 is 0 Å². The van der Waals surface area contributed by atoms with Crippen LogP contribution in [0.2, 0.25) is 0 Å². The SMILES string of the molecule is C=CCCC(CCC=C)C(O)(C=C)C=C. The van der Waals surface area contributed by atoms with Crippen LogP contribution in [-0.4, -0.2) is 10.7 Å². The third-order valence-electron chi connectivity index (χ3n) is 2.75. The molecule has 0 aliphatic heterocycles. The maximum atomic E-state index is 10.2. The van der Waals surface area contributed by atoms with Gasteiger partial charge in [0.25, 0.3) is 0 Å². The molecule has 1 N–H and O–H groups in total. The molecule has 0 unspecified atom stereocenters. The summed E-state index contributed by atoms with van der Waals surface area (Å²) >= 11 is 0. The molecule has 0 bridgehead atoms. The minimum absolute atomic E-state index is 0.142. The van der Waals surface area contributed by atoms with E-state index in [9.17, 15) is 5.11 Å². The highest BCUT2D eigenvalue weighted by Crippen LogP contribution is 2.29. The lowest BCUT2D eigenvalue weighted by Crippen LogP contribution is -2.33. The van der Waals surface area contributed by atoms with Crippen LogP contribution in [-0.2, 0) is 0 Å². The highest BCUT2D eigenvalue weighted by molar-refractivity contribution is 5.12. The van der Waals surface area contributed by atoms with Gasteiger partial charge in [-0.2, -0.15) is 0 Å². The number of rotatable bonds is 9. The molecule has 0 aromatic carbocycles. The van der Waals surface area contributed by atoms with Gasteiger partial charge in [0, 0.05) is 0 Å². The van der Waals surface area contributed by atoms with E-state index in [0.717, 1.165) is 25.7 Å². The summed E-state index contributed by atoms with van der Waals surface area (Å²) in [7, 11) is 0. The topological polar surface area (TPSA) is 20.2 Å². The third-order valence-corrected chi connectivity index (χ3v) is 2.75. The van der Waals surface area contributed by atoms with Crippen LogP contribution in [0.1, 0.15) is 25.7 Å². The van der Waals surface area contributed by atoms with E-state index in [1.807, 2.05) is 12.2 Å². The molecule has 0 aromatic heterocycles. The molecule has 0 amide bonds. The Morgan fingerprint density at radius 2 is 1.33 bits per heavy atom. The summed E-state index contributed by atoms with van der Waals surface area (Å²) in [6, 6.07) is 0. The molecule has 0 aliphatic rings. The van der Waals surface area contributed by atoms with Gasteiger partial charge in [0.2, 0.25) is 0 Å². The summed E-state index contributed by atoms with van der Waals surface area (Å²) < 4.78 is 0. The fourth-order valence-electron chi connectivity index (χ4n) is 1.66. The largest absolute Gasteiger partial charge is 0.381 e. The van der Waals surface area contributed by atoms with E-state index in [-0.39, 0.29) is 5.92 Å². The summed E-state index contributed by atoms with van der Waals surface area (Å²) in [5.41, 5.74) is -0.966. The van der Waals surface area contributed by atoms with Gasteiger partial charge in [-0.25, -0.2) is 0 Å². The quantitative estimate of drug-likeness (QED) is 0.571. The first-order chi connectivity index (χ1) is 7.14. The molecule has 0 saturated heterocycles. The van der Waals surface area contributed by atoms with Crippen molar-refractivity contribution in [1.82, 2.24) is 0 Å². The Hall–Kier alpha value is -1.08. The van der Waals surface area contributed by atoms with Crippen molar-refractivity contribution < 1.29 is 5.11 Å². The minimum Gasteiger partial charge on any atom is -0.381 e. The minimum atomic E-state index is -0.966. The van der Waals surface area contributed by atoms with Crippen molar-refractivity contribution in [3.63, 3.8) is 0 Å². The maximum absolute atomic E-state index is 10.2. The fourth-order valence-corrected chi connectivity index (χ4v) is 1.66. The molecule has 0 aliphatic carbocycles. The van der Waals surface area contributed by atoms with E-state index in [1.165, 1.54) is 0 Å². The molecule has 0 spiro atoms. The predicted molar refractivity (Wildman–Crippen MR) is 67.7 cm³/mol. The van der Waals surface area contributed by atoms with Gasteiger partial charge in [-0.15, -0.1) is 13.2 Å². The summed E-state index contributed by atoms with van der Waals surface area (Å²) in [6.07, 6.45) is 10.4. The Labute approximate surface area is 93.5 Å². The van der Waals surface area contributed by atoms with Gasteiger partial charge in [0.15, 0.2) is 0 Å². The molecule has 0 fully saturated rings. The molecule has 1 heteroatoms. The zero-order valence-corrected chi connectivity index (χ0v) is 9.49. The number of hydrogen-bond donors (Lipinski definition) is 1. The fraction of sp³-hybridized carbons (Fsp3) is 0.429. The smallest absolute Gasteiger partial charge is 0.103 e. The van der Waals surface area contributed by atoms with Crippen molar-refractivity contribution in [3.05, 3.63) is 50.6 Å². The van der Waals surface area contributed by atoms with E-state index in [4.69, 9.17) is 0 Å². The lowest BCUT2D eigenvalue weighted by atomic mass is 9.81. The van der Waals surface area contributed by atoms with Crippen molar-refractivity contribution >= 4 is 0 Å². The molecular formula is C14H22O.